The monoisotopic (exact) mass is 418 g/mol. The Labute approximate surface area is 167 Å². The molecule has 0 N–H and O–H groups in total. The van der Waals surface area contributed by atoms with Gasteiger partial charge in [-0.1, -0.05) is 6.92 Å². The minimum absolute atomic E-state index is 0.106. The van der Waals surface area contributed by atoms with Gasteiger partial charge in [-0.05, 0) is 0 Å². The van der Waals surface area contributed by atoms with Crippen molar-refractivity contribution in [3.05, 3.63) is 0 Å². The highest BCUT2D eigenvalue weighted by Crippen LogP contribution is 2.21. The van der Waals surface area contributed by atoms with Gasteiger partial charge in [0.1, 0.15) is 6.61 Å². The van der Waals surface area contributed by atoms with Crippen LogP contribution < -0.4 is 0 Å². The third-order valence-electron chi connectivity index (χ3n) is 3.32. The summed E-state index contributed by atoms with van der Waals surface area (Å²) in [7, 11) is 0. The van der Waals surface area contributed by atoms with Crippen LogP contribution in [-0.2, 0) is 52.5 Å². The maximum atomic E-state index is 12.4. The van der Waals surface area contributed by atoms with Crippen molar-refractivity contribution in [2.45, 2.75) is 72.4 Å². The Morgan fingerprint density at radius 3 is 1.45 bits per heavy atom. The van der Waals surface area contributed by atoms with E-state index in [9.17, 15) is 28.8 Å². The van der Waals surface area contributed by atoms with Gasteiger partial charge in [-0.2, -0.15) is 0 Å². The van der Waals surface area contributed by atoms with Crippen molar-refractivity contribution in [3.63, 3.8) is 0 Å². The zero-order valence-electron chi connectivity index (χ0n) is 17.2. The molecule has 0 aliphatic carbocycles. The summed E-state index contributed by atoms with van der Waals surface area (Å²) in [5.74, 6) is -4.82. The van der Waals surface area contributed by atoms with Crippen LogP contribution in [0.15, 0.2) is 0 Å². The van der Waals surface area contributed by atoms with Crippen molar-refractivity contribution in [3.8, 4) is 0 Å². The highest BCUT2D eigenvalue weighted by atomic mass is 16.6. The first kappa shape index (κ1) is 26.0. The van der Waals surface area contributed by atoms with E-state index >= 15 is 0 Å². The van der Waals surface area contributed by atoms with Crippen molar-refractivity contribution in [1.82, 2.24) is 0 Å². The van der Waals surface area contributed by atoms with E-state index in [1.807, 2.05) is 0 Å². The fourth-order valence-corrected chi connectivity index (χ4v) is 2.34. The molecule has 0 saturated heterocycles. The second-order valence-electron chi connectivity index (χ2n) is 5.95. The second kappa shape index (κ2) is 12.5. The van der Waals surface area contributed by atoms with Crippen LogP contribution in [0.2, 0.25) is 0 Å². The van der Waals surface area contributed by atoms with Crippen molar-refractivity contribution in [2.24, 2.45) is 0 Å². The van der Waals surface area contributed by atoms with Crippen LogP contribution in [0.4, 0.5) is 0 Å². The number of esters is 5. The summed E-state index contributed by atoms with van der Waals surface area (Å²) in [6.45, 7) is 6.13. The number of Topliss-reactive ketones (excluding diaryl/α,β-unsaturated/α-hetero) is 1. The molecule has 0 aliphatic rings. The van der Waals surface area contributed by atoms with Crippen LogP contribution in [0.3, 0.4) is 0 Å². The van der Waals surface area contributed by atoms with Gasteiger partial charge < -0.3 is 23.7 Å². The Morgan fingerprint density at radius 1 is 0.621 bits per heavy atom. The summed E-state index contributed by atoms with van der Waals surface area (Å²) in [6, 6.07) is 0. The highest BCUT2D eigenvalue weighted by Gasteiger charge is 2.46. The molecule has 0 heterocycles. The smallest absolute Gasteiger partial charge is 0.303 e. The van der Waals surface area contributed by atoms with Crippen molar-refractivity contribution >= 4 is 35.6 Å². The van der Waals surface area contributed by atoms with E-state index < -0.39 is 66.7 Å². The van der Waals surface area contributed by atoms with Gasteiger partial charge in [-0.3, -0.25) is 28.8 Å². The van der Waals surface area contributed by atoms with Crippen molar-refractivity contribution in [2.75, 3.05) is 6.61 Å². The summed E-state index contributed by atoms with van der Waals surface area (Å²) in [4.78, 5) is 69.9. The first-order valence-electron chi connectivity index (χ1n) is 8.73. The lowest BCUT2D eigenvalue weighted by Gasteiger charge is -2.34. The molecule has 0 amide bonds. The van der Waals surface area contributed by atoms with E-state index in [4.69, 9.17) is 23.7 Å². The number of hydrogen-bond acceptors (Lipinski definition) is 11. The lowest BCUT2D eigenvalue weighted by atomic mass is 9.98. The zero-order valence-corrected chi connectivity index (χ0v) is 17.2. The van der Waals surface area contributed by atoms with Crippen LogP contribution in [0, 0.1) is 0 Å². The number of ketones is 1. The molecule has 0 rings (SSSR count). The van der Waals surface area contributed by atoms with Gasteiger partial charge in [0, 0.05) is 41.0 Å². The molecule has 0 saturated carbocycles. The molecule has 0 fully saturated rings. The average Bonchev–Trinajstić information content (AvgIpc) is 2.58. The van der Waals surface area contributed by atoms with Crippen LogP contribution in [-0.4, -0.2) is 66.7 Å². The molecule has 0 aromatic carbocycles. The zero-order chi connectivity index (χ0) is 22.7. The number of ether oxygens (including phenoxy) is 5. The third-order valence-corrected chi connectivity index (χ3v) is 3.32. The predicted octanol–water partition coefficient (Wildman–Crippen LogP) is 0.255. The van der Waals surface area contributed by atoms with Gasteiger partial charge in [0.15, 0.2) is 24.1 Å². The van der Waals surface area contributed by atoms with Crippen LogP contribution in [0.1, 0.15) is 48.0 Å². The van der Waals surface area contributed by atoms with Gasteiger partial charge in [0.05, 0.1) is 0 Å². The molecule has 0 aromatic rings. The summed E-state index contributed by atoms with van der Waals surface area (Å²) in [5.41, 5.74) is 0. The summed E-state index contributed by atoms with van der Waals surface area (Å²) in [5, 5.41) is 0. The fourth-order valence-electron chi connectivity index (χ4n) is 2.34. The van der Waals surface area contributed by atoms with Crippen LogP contribution >= 0.6 is 0 Å². The molecule has 29 heavy (non-hydrogen) atoms. The van der Waals surface area contributed by atoms with Crippen LogP contribution in [0.5, 0.6) is 0 Å². The van der Waals surface area contributed by atoms with Gasteiger partial charge >= 0.3 is 29.8 Å². The largest absolute Gasteiger partial charge is 0.462 e. The Kier molecular flexibility index (Phi) is 11.2. The fraction of sp³-hybridized carbons (Fsp3) is 0.667. The highest BCUT2D eigenvalue weighted by molar-refractivity contribution is 5.86. The number of rotatable bonds is 11. The normalized spacial score (nSPS) is 14.4. The lowest BCUT2D eigenvalue weighted by Crippen LogP contribution is -2.55. The van der Waals surface area contributed by atoms with E-state index in [-0.39, 0.29) is 6.42 Å². The quantitative estimate of drug-likeness (QED) is 0.336. The summed E-state index contributed by atoms with van der Waals surface area (Å²) >= 11 is 0. The molecule has 0 radical (unpaired) electrons. The molecule has 0 aliphatic heterocycles. The van der Waals surface area contributed by atoms with Crippen molar-refractivity contribution < 1.29 is 52.5 Å². The van der Waals surface area contributed by atoms with Gasteiger partial charge in [0.25, 0.3) is 0 Å². The standard InChI is InChI=1S/C18H26O11/c1-7-14(24)16(27-11(4)21)18(29-13(6)23)17(28-12(5)22)15(26-10(3)20)8-25-9(2)19/h15-18H,7-8H2,1-6H3/t15-,16+,17-,18+/m1/s1. The number of carbonyl (C=O) groups excluding carboxylic acids is 6. The summed E-state index contributed by atoms with van der Waals surface area (Å²) in [6.07, 6.45) is -6.48. The lowest BCUT2D eigenvalue weighted by molar-refractivity contribution is -0.203. The third kappa shape index (κ3) is 10.2. The van der Waals surface area contributed by atoms with Crippen molar-refractivity contribution in [1.29, 1.82) is 0 Å². The predicted molar refractivity (Wildman–Crippen MR) is 94.1 cm³/mol. The molecular weight excluding hydrogens is 392 g/mol. The van der Waals surface area contributed by atoms with Gasteiger partial charge in [0.2, 0.25) is 6.10 Å². The minimum atomic E-state index is -1.66. The molecule has 0 unspecified atom stereocenters. The molecule has 11 heteroatoms. The average molecular weight is 418 g/mol. The number of hydrogen-bond donors (Lipinski definition) is 0. The SMILES string of the molecule is CCC(=O)[C@H](OC(C)=O)[C@H](OC(C)=O)[C@H](OC(C)=O)[C@@H](COC(C)=O)OC(C)=O. The number of carbonyl (C=O) groups is 6. The van der Waals surface area contributed by atoms with Gasteiger partial charge in [-0.15, -0.1) is 0 Å². The van der Waals surface area contributed by atoms with Crippen LogP contribution in [0.25, 0.3) is 0 Å². The first-order valence-corrected chi connectivity index (χ1v) is 8.73. The van der Waals surface area contributed by atoms with Gasteiger partial charge in [-0.25, -0.2) is 0 Å². The maximum Gasteiger partial charge on any atom is 0.303 e. The Balaban J connectivity index is 6.29. The first-order chi connectivity index (χ1) is 13.4. The summed E-state index contributed by atoms with van der Waals surface area (Å²) < 4.78 is 25.2. The molecule has 0 bridgehead atoms. The topological polar surface area (TPSA) is 149 Å². The molecular formula is C18H26O11. The second-order valence-corrected chi connectivity index (χ2v) is 5.95. The molecule has 0 spiro atoms. The van der Waals surface area contributed by atoms with E-state index in [2.05, 4.69) is 0 Å². The van der Waals surface area contributed by atoms with E-state index in [0.29, 0.717) is 0 Å². The molecule has 164 valence electrons. The molecule has 0 aromatic heterocycles. The maximum absolute atomic E-state index is 12.4. The Bertz CT molecular complexity index is 640. The molecule has 4 atom stereocenters. The van der Waals surface area contributed by atoms with E-state index in [1.165, 1.54) is 6.92 Å². The van der Waals surface area contributed by atoms with E-state index in [1.54, 1.807) is 0 Å². The Morgan fingerprint density at radius 2 is 1.07 bits per heavy atom. The minimum Gasteiger partial charge on any atom is -0.462 e. The van der Waals surface area contributed by atoms with E-state index in [0.717, 1.165) is 34.6 Å². The molecule has 11 nitrogen and oxygen atoms in total. The Hall–Kier alpha value is -2.98.